The number of rotatable bonds is 8. The van der Waals surface area contributed by atoms with E-state index in [1.54, 1.807) is 0 Å². The Hall–Kier alpha value is -1.59. The number of aliphatic hydroxyl groups is 3. The van der Waals surface area contributed by atoms with Crippen LogP contribution in [0.4, 0.5) is 0 Å². The first-order valence-corrected chi connectivity index (χ1v) is 7.99. The zero-order chi connectivity index (χ0) is 17.7. The van der Waals surface area contributed by atoms with Crippen LogP contribution in [0.5, 0.6) is 0 Å². The van der Waals surface area contributed by atoms with Gasteiger partial charge in [-0.25, -0.2) is 9.48 Å². The summed E-state index contributed by atoms with van der Waals surface area (Å²) >= 11 is 0. The SMILES string of the molecule is CCCNCCCc1cn(C2OC(C(=O)O)C(O)C(O)C2O)nn1. The van der Waals surface area contributed by atoms with Gasteiger partial charge >= 0.3 is 5.97 Å². The molecule has 10 nitrogen and oxygen atoms in total. The van der Waals surface area contributed by atoms with Crippen molar-refractivity contribution in [3.63, 3.8) is 0 Å². The number of carbonyl (C=O) groups is 1. The zero-order valence-electron chi connectivity index (χ0n) is 13.4. The minimum atomic E-state index is -1.72. The predicted octanol–water partition coefficient (Wildman–Crippen LogP) is -1.72. The molecule has 0 bridgehead atoms. The molecule has 24 heavy (non-hydrogen) atoms. The van der Waals surface area contributed by atoms with Crippen molar-refractivity contribution in [1.29, 1.82) is 0 Å². The largest absolute Gasteiger partial charge is 0.479 e. The molecule has 0 radical (unpaired) electrons. The summed E-state index contributed by atoms with van der Waals surface area (Å²) in [6, 6.07) is 0. The van der Waals surface area contributed by atoms with E-state index in [-0.39, 0.29) is 0 Å². The quantitative estimate of drug-likeness (QED) is 0.347. The molecule has 136 valence electrons. The highest BCUT2D eigenvalue weighted by Crippen LogP contribution is 2.28. The van der Waals surface area contributed by atoms with Crippen LogP contribution < -0.4 is 5.32 Å². The molecule has 2 rings (SSSR count). The minimum Gasteiger partial charge on any atom is -0.479 e. The number of aliphatic carboxylic acids is 1. The standard InChI is InChI=1S/C14H24N4O6/c1-2-5-15-6-3-4-8-7-18(17-16-8)13-11(21)9(19)10(20)12(24-13)14(22)23/h7,9-13,15,19-21H,2-6H2,1H3,(H,22,23). The number of carboxylic acids is 1. The molecule has 1 aromatic heterocycles. The molecular weight excluding hydrogens is 320 g/mol. The van der Waals surface area contributed by atoms with E-state index < -0.39 is 36.6 Å². The molecule has 0 spiro atoms. The third-order valence-corrected chi connectivity index (χ3v) is 3.86. The zero-order valence-corrected chi connectivity index (χ0v) is 13.4. The van der Waals surface area contributed by atoms with Crippen LogP contribution in [0.3, 0.4) is 0 Å². The molecule has 0 amide bonds. The Kier molecular flexibility index (Phi) is 6.63. The highest BCUT2D eigenvalue weighted by atomic mass is 16.6. The molecular formula is C14H24N4O6. The third kappa shape index (κ3) is 4.28. The Balaban J connectivity index is 1.98. The van der Waals surface area contributed by atoms with Gasteiger partial charge in [-0.15, -0.1) is 5.10 Å². The van der Waals surface area contributed by atoms with Crippen LogP contribution in [0.25, 0.3) is 0 Å². The second kappa shape index (κ2) is 8.49. The Morgan fingerprint density at radius 2 is 2.04 bits per heavy atom. The maximum Gasteiger partial charge on any atom is 0.335 e. The van der Waals surface area contributed by atoms with Crippen molar-refractivity contribution in [2.45, 2.75) is 56.8 Å². The molecule has 5 N–H and O–H groups in total. The lowest BCUT2D eigenvalue weighted by molar-refractivity contribution is -0.249. The van der Waals surface area contributed by atoms with Gasteiger partial charge < -0.3 is 30.5 Å². The number of ether oxygens (including phenoxy) is 1. The van der Waals surface area contributed by atoms with Gasteiger partial charge in [0.25, 0.3) is 0 Å². The highest BCUT2D eigenvalue weighted by molar-refractivity contribution is 5.73. The van der Waals surface area contributed by atoms with E-state index in [1.165, 1.54) is 10.9 Å². The maximum atomic E-state index is 11.1. The van der Waals surface area contributed by atoms with Gasteiger partial charge in [-0.2, -0.15) is 0 Å². The van der Waals surface area contributed by atoms with E-state index in [2.05, 4.69) is 22.6 Å². The van der Waals surface area contributed by atoms with Crippen LogP contribution in [0.2, 0.25) is 0 Å². The Labute approximate surface area is 139 Å². The second-order valence-electron chi connectivity index (χ2n) is 5.80. The van der Waals surface area contributed by atoms with Crippen molar-refractivity contribution in [2.24, 2.45) is 0 Å². The lowest BCUT2D eigenvalue weighted by Crippen LogP contribution is -2.57. The number of carboxylic acid groups (broad SMARTS) is 1. The number of aryl methyl sites for hydroxylation is 1. The summed E-state index contributed by atoms with van der Waals surface area (Å²) in [6.07, 6.45) is -3.67. The summed E-state index contributed by atoms with van der Waals surface area (Å²) in [5.74, 6) is -1.43. The van der Waals surface area contributed by atoms with Gasteiger partial charge in [0, 0.05) is 0 Å². The molecule has 0 aromatic carbocycles. The molecule has 0 aliphatic carbocycles. The summed E-state index contributed by atoms with van der Waals surface area (Å²) < 4.78 is 6.36. The summed E-state index contributed by atoms with van der Waals surface area (Å²) in [7, 11) is 0. The molecule has 1 aromatic rings. The van der Waals surface area contributed by atoms with Crippen LogP contribution in [0.15, 0.2) is 6.20 Å². The summed E-state index contributed by atoms with van der Waals surface area (Å²) in [4.78, 5) is 11.1. The molecule has 5 atom stereocenters. The van der Waals surface area contributed by atoms with E-state index in [1.807, 2.05) is 0 Å². The van der Waals surface area contributed by atoms with Crippen LogP contribution in [0.1, 0.15) is 31.7 Å². The fraction of sp³-hybridized carbons (Fsp3) is 0.786. The number of nitrogens with zero attached hydrogens (tertiary/aromatic N) is 3. The number of hydrogen-bond donors (Lipinski definition) is 5. The third-order valence-electron chi connectivity index (χ3n) is 3.86. The molecule has 10 heteroatoms. The van der Waals surface area contributed by atoms with Crippen LogP contribution in [0, 0.1) is 0 Å². The molecule has 1 aliphatic heterocycles. The Bertz CT molecular complexity index is 539. The number of hydrogen-bond acceptors (Lipinski definition) is 8. The van der Waals surface area contributed by atoms with E-state index in [0.717, 1.165) is 25.9 Å². The van der Waals surface area contributed by atoms with E-state index >= 15 is 0 Å². The fourth-order valence-electron chi connectivity index (χ4n) is 2.53. The summed E-state index contributed by atoms with van der Waals surface area (Å²) in [6.45, 7) is 3.88. The molecule has 0 saturated carbocycles. The van der Waals surface area contributed by atoms with Crippen molar-refractivity contribution >= 4 is 5.97 Å². The van der Waals surface area contributed by atoms with Crippen molar-refractivity contribution in [2.75, 3.05) is 13.1 Å². The average molecular weight is 344 g/mol. The first kappa shape index (κ1) is 18.7. The van der Waals surface area contributed by atoms with E-state index in [0.29, 0.717) is 12.1 Å². The average Bonchev–Trinajstić information content (AvgIpc) is 3.01. The lowest BCUT2D eigenvalue weighted by Gasteiger charge is -2.38. The van der Waals surface area contributed by atoms with Crippen LogP contribution in [-0.4, -0.2) is 78.9 Å². The molecule has 1 fully saturated rings. The van der Waals surface area contributed by atoms with Crippen molar-refractivity contribution in [1.82, 2.24) is 20.3 Å². The molecule has 1 saturated heterocycles. The van der Waals surface area contributed by atoms with Gasteiger partial charge in [-0.05, 0) is 32.4 Å². The van der Waals surface area contributed by atoms with Crippen molar-refractivity contribution in [3.05, 3.63) is 11.9 Å². The summed E-state index contributed by atoms with van der Waals surface area (Å²) in [5, 5.41) is 49.6. The summed E-state index contributed by atoms with van der Waals surface area (Å²) in [5.41, 5.74) is 0.664. The number of nitrogens with one attached hydrogen (secondary N) is 1. The van der Waals surface area contributed by atoms with Gasteiger partial charge in [0.15, 0.2) is 12.3 Å². The van der Waals surface area contributed by atoms with E-state index in [4.69, 9.17) is 9.84 Å². The highest BCUT2D eigenvalue weighted by Gasteiger charge is 2.48. The smallest absolute Gasteiger partial charge is 0.335 e. The van der Waals surface area contributed by atoms with Crippen molar-refractivity contribution < 1.29 is 30.0 Å². The molecule has 1 aliphatic rings. The maximum absolute atomic E-state index is 11.1. The Morgan fingerprint density at radius 3 is 2.71 bits per heavy atom. The fourth-order valence-corrected chi connectivity index (χ4v) is 2.53. The predicted molar refractivity (Wildman–Crippen MR) is 81.1 cm³/mol. The van der Waals surface area contributed by atoms with Crippen molar-refractivity contribution in [3.8, 4) is 0 Å². The Morgan fingerprint density at radius 1 is 1.29 bits per heavy atom. The first-order chi connectivity index (χ1) is 11.5. The monoisotopic (exact) mass is 344 g/mol. The normalized spacial score (nSPS) is 30.4. The van der Waals surface area contributed by atoms with Gasteiger partial charge in [0.1, 0.15) is 18.3 Å². The second-order valence-corrected chi connectivity index (χ2v) is 5.80. The minimum absolute atomic E-state index is 0.660. The van der Waals surface area contributed by atoms with Gasteiger partial charge in [-0.1, -0.05) is 12.1 Å². The lowest BCUT2D eigenvalue weighted by atomic mass is 9.98. The topological polar surface area (TPSA) is 150 Å². The molecule has 5 unspecified atom stereocenters. The number of aliphatic hydroxyl groups excluding tert-OH is 3. The van der Waals surface area contributed by atoms with Gasteiger partial charge in [-0.3, -0.25) is 0 Å². The number of aromatic nitrogens is 3. The van der Waals surface area contributed by atoms with E-state index in [9.17, 15) is 20.1 Å². The van der Waals surface area contributed by atoms with Crippen LogP contribution in [-0.2, 0) is 16.0 Å². The van der Waals surface area contributed by atoms with Gasteiger partial charge in [0.2, 0.25) is 0 Å². The van der Waals surface area contributed by atoms with Crippen LogP contribution >= 0.6 is 0 Å². The molecule has 2 heterocycles. The first-order valence-electron chi connectivity index (χ1n) is 7.99. The van der Waals surface area contributed by atoms with Gasteiger partial charge in [0.05, 0.1) is 11.9 Å².